The van der Waals surface area contributed by atoms with Crippen molar-refractivity contribution >= 4 is 21.9 Å². The van der Waals surface area contributed by atoms with E-state index in [-0.39, 0.29) is 22.1 Å². The van der Waals surface area contributed by atoms with E-state index >= 15 is 0 Å². The van der Waals surface area contributed by atoms with Gasteiger partial charge in [0.2, 0.25) is 10.0 Å². The van der Waals surface area contributed by atoms with Crippen LogP contribution >= 0.6 is 0 Å². The van der Waals surface area contributed by atoms with E-state index in [0.29, 0.717) is 13.1 Å². The maximum absolute atomic E-state index is 12.2. The number of sulfonamides is 1. The van der Waals surface area contributed by atoms with Crippen LogP contribution in [0, 0.1) is 0 Å². The molecular weight excluding hydrogens is 336 g/mol. The molecule has 1 amide bonds. The van der Waals surface area contributed by atoms with Crippen LogP contribution in [0.3, 0.4) is 0 Å². The molecule has 132 valence electrons. The van der Waals surface area contributed by atoms with Gasteiger partial charge in [-0.25, -0.2) is 18.4 Å². The monoisotopic (exact) mass is 356 g/mol. The third kappa shape index (κ3) is 4.45. The van der Waals surface area contributed by atoms with Crippen LogP contribution in [-0.4, -0.2) is 52.0 Å². The predicted octanol–water partition coefficient (Wildman–Crippen LogP) is 0.512. The van der Waals surface area contributed by atoms with Crippen molar-refractivity contribution in [2.75, 3.05) is 26.8 Å². The number of carbonyl (C=O) groups is 2. The summed E-state index contributed by atoms with van der Waals surface area (Å²) < 4.78 is 32.8. The lowest BCUT2D eigenvalue weighted by molar-refractivity contribution is -0.135. The number of benzene rings is 1. The van der Waals surface area contributed by atoms with Crippen molar-refractivity contribution in [2.45, 2.75) is 24.2 Å². The average molecular weight is 356 g/mol. The molecule has 2 rings (SSSR count). The fourth-order valence-electron chi connectivity index (χ4n) is 2.46. The lowest BCUT2D eigenvalue weighted by atomic mass is 10.1. The Morgan fingerprint density at radius 1 is 1.21 bits per heavy atom. The molecule has 0 bridgehead atoms. The smallest absolute Gasteiger partial charge is 0.342 e. The molecule has 1 saturated heterocycles. The first-order chi connectivity index (χ1) is 11.3. The highest BCUT2D eigenvalue weighted by atomic mass is 32.2. The van der Waals surface area contributed by atoms with Crippen molar-refractivity contribution in [3.05, 3.63) is 23.8 Å². The summed E-state index contributed by atoms with van der Waals surface area (Å²) in [5.74, 6) is -0.981. The average Bonchev–Trinajstić information content (AvgIpc) is 2.58. The van der Waals surface area contributed by atoms with Crippen molar-refractivity contribution in [3.8, 4) is 5.75 Å². The van der Waals surface area contributed by atoms with Crippen molar-refractivity contribution in [1.29, 1.82) is 0 Å². The molecule has 0 aromatic heterocycles. The molecular formula is C15H20N2O6S. The molecule has 1 aliphatic rings. The van der Waals surface area contributed by atoms with Gasteiger partial charge in [-0.05, 0) is 37.5 Å². The number of ether oxygens (including phenoxy) is 2. The number of hydrogen-bond acceptors (Lipinski definition) is 6. The Labute approximate surface area is 140 Å². The summed E-state index contributed by atoms with van der Waals surface area (Å²) in [6.45, 7) is 0.906. The van der Waals surface area contributed by atoms with Crippen LogP contribution in [0.2, 0.25) is 0 Å². The third-order valence-corrected chi connectivity index (χ3v) is 4.67. The minimum atomic E-state index is -3.97. The number of primary sulfonamides is 1. The lowest BCUT2D eigenvalue weighted by Gasteiger charge is -2.26. The van der Waals surface area contributed by atoms with Gasteiger partial charge in [0.05, 0.1) is 12.0 Å². The van der Waals surface area contributed by atoms with Gasteiger partial charge in [-0.1, -0.05) is 0 Å². The topological polar surface area (TPSA) is 116 Å². The zero-order valence-corrected chi connectivity index (χ0v) is 14.2. The number of methoxy groups -OCH3 is 1. The predicted molar refractivity (Wildman–Crippen MR) is 85.1 cm³/mol. The molecule has 0 spiro atoms. The highest BCUT2D eigenvalue weighted by molar-refractivity contribution is 7.89. The number of carbonyl (C=O) groups excluding carboxylic acids is 2. The number of amides is 1. The quantitative estimate of drug-likeness (QED) is 0.769. The summed E-state index contributed by atoms with van der Waals surface area (Å²) in [5, 5.41) is 5.06. The normalized spacial score (nSPS) is 15.0. The number of piperidine rings is 1. The van der Waals surface area contributed by atoms with Crippen molar-refractivity contribution in [2.24, 2.45) is 5.14 Å². The fraction of sp³-hybridized carbons (Fsp3) is 0.467. The van der Waals surface area contributed by atoms with E-state index < -0.39 is 22.6 Å². The Morgan fingerprint density at radius 2 is 1.88 bits per heavy atom. The Morgan fingerprint density at radius 3 is 2.46 bits per heavy atom. The minimum Gasteiger partial charge on any atom is -0.496 e. The van der Waals surface area contributed by atoms with E-state index in [1.807, 2.05) is 0 Å². The molecule has 1 heterocycles. The fourth-order valence-corrected chi connectivity index (χ4v) is 3.00. The largest absolute Gasteiger partial charge is 0.496 e. The van der Waals surface area contributed by atoms with E-state index in [9.17, 15) is 18.0 Å². The van der Waals surface area contributed by atoms with Crippen LogP contribution in [0.25, 0.3) is 0 Å². The maximum atomic E-state index is 12.2. The first-order valence-electron chi connectivity index (χ1n) is 7.48. The second-order valence-electron chi connectivity index (χ2n) is 5.42. The summed E-state index contributed by atoms with van der Waals surface area (Å²) in [6.07, 6.45) is 2.95. The minimum absolute atomic E-state index is 0.101. The first kappa shape index (κ1) is 18.2. The van der Waals surface area contributed by atoms with Gasteiger partial charge in [0.1, 0.15) is 11.3 Å². The Bertz CT molecular complexity index is 725. The molecule has 0 atom stereocenters. The van der Waals surface area contributed by atoms with Crippen LogP contribution in [-0.2, 0) is 19.6 Å². The molecule has 1 aromatic rings. The van der Waals surface area contributed by atoms with E-state index in [1.165, 1.54) is 19.2 Å². The first-order valence-corrected chi connectivity index (χ1v) is 9.03. The van der Waals surface area contributed by atoms with Gasteiger partial charge < -0.3 is 14.4 Å². The van der Waals surface area contributed by atoms with Gasteiger partial charge in [-0.3, -0.25) is 4.79 Å². The van der Waals surface area contributed by atoms with Crippen LogP contribution in [0.4, 0.5) is 0 Å². The van der Waals surface area contributed by atoms with Gasteiger partial charge in [0.25, 0.3) is 5.91 Å². The number of rotatable bonds is 5. The van der Waals surface area contributed by atoms with Gasteiger partial charge in [0.15, 0.2) is 6.61 Å². The van der Waals surface area contributed by atoms with E-state index in [4.69, 9.17) is 14.6 Å². The van der Waals surface area contributed by atoms with Crippen LogP contribution in [0.1, 0.15) is 29.6 Å². The second-order valence-corrected chi connectivity index (χ2v) is 6.99. The molecule has 0 aliphatic carbocycles. The summed E-state index contributed by atoms with van der Waals surface area (Å²) >= 11 is 0. The van der Waals surface area contributed by atoms with E-state index in [2.05, 4.69) is 0 Å². The van der Waals surface area contributed by atoms with Gasteiger partial charge >= 0.3 is 5.97 Å². The summed E-state index contributed by atoms with van der Waals surface area (Å²) in [4.78, 5) is 25.6. The van der Waals surface area contributed by atoms with Crippen LogP contribution in [0.15, 0.2) is 23.1 Å². The van der Waals surface area contributed by atoms with E-state index in [0.717, 1.165) is 25.3 Å². The number of nitrogens with two attached hydrogens (primary N) is 1. The Balaban J connectivity index is 2.09. The van der Waals surface area contributed by atoms with Gasteiger partial charge in [-0.15, -0.1) is 0 Å². The summed E-state index contributed by atoms with van der Waals surface area (Å²) in [7, 11) is -2.64. The molecule has 1 aromatic carbocycles. The number of hydrogen-bond donors (Lipinski definition) is 1. The van der Waals surface area contributed by atoms with Crippen molar-refractivity contribution in [1.82, 2.24) is 4.90 Å². The second kappa shape index (κ2) is 7.63. The zero-order valence-electron chi connectivity index (χ0n) is 13.4. The number of nitrogens with zero attached hydrogens (tertiary/aromatic N) is 1. The van der Waals surface area contributed by atoms with Crippen molar-refractivity contribution < 1.29 is 27.5 Å². The van der Waals surface area contributed by atoms with Crippen LogP contribution in [0.5, 0.6) is 5.75 Å². The molecule has 0 saturated carbocycles. The molecule has 24 heavy (non-hydrogen) atoms. The molecule has 1 aliphatic heterocycles. The summed E-state index contributed by atoms with van der Waals surface area (Å²) in [6, 6.07) is 3.61. The van der Waals surface area contributed by atoms with Crippen LogP contribution < -0.4 is 9.88 Å². The highest BCUT2D eigenvalue weighted by Gasteiger charge is 2.21. The zero-order chi connectivity index (χ0) is 17.7. The molecule has 8 nitrogen and oxygen atoms in total. The third-order valence-electron chi connectivity index (χ3n) is 3.75. The lowest BCUT2D eigenvalue weighted by Crippen LogP contribution is -2.38. The molecule has 0 radical (unpaired) electrons. The number of esters is 1. The Kier molecular flexibility index (Phi) is 5.79. The maximum Gasteiger partial charge on any atom is 0.342 e. The van der Waals surface area contributed by atoms with Gasteiger partial charge in [-0.2, -0.15) is 0 Å². The Hall–Kier alpha value is -2.13. The molecule has 9 heteroatoms. The molecule has 1 fully saturated rings. The SMILES string of the molecule is COc1ccc(S(N)(=O)=O)cc1C(=O)OCC(=O)N1CCCCC1. The number of likely N-dealkylation sites (tertiary alicyclic amines) is 1. The standard InChI is InChI=1S/C15H20N2O6S/c1-22-13-6-5-11(24(16,20)21)9-12(13)15(19)23-10-14(18)17-7-3-2-4-8-17/h5-6,9H,2-4,7-8,10H2,1H3,(H2,16,20,21). The van der Waals surface area contributed by atoms with Gasteiger partial charge in [0, 0.05) is 13.1 Å². The molecule has 0 unspecified atom stereocenters. The van der Waals surface area contributed by atoms with E-state index in [1.54, 1.807) is 4.90 Å². The highest BCUT2D eigenvalue weighted by Crippen LogP contribution is 2.23. The van der Waals surface area contributed by atoms with Crippen molar-refractivity contribution in [3.63, 3.8) is 0 Å². The molecule has 2 N–H and O–H groups in total. The summed E-state index contributed by atoms with van der Waals surface area (Å²) in [5.41, 5.74) is -0.101.